The van der Waals surface area contributed by atoms with E-state index in [-0.39, 0.29) is 66.2 Å². The Balaban J connectivity index is 0.00000158. The second-order valence-electron chi connectivity index (χ2n) is 30.1. The lowest BCUT2D eigenvalue weighted by molar-refractivity contribution is 0.0120. The van der Waals surface area contributed by atoms with Crippen LogP contribution in [0, 0.1) is 12.3 Å². The van der Waals surface area contributed by atoms with E-state index in [9.17, 15) is 0 Å². The molecular weight excluding hydrogens is 1360 g/mol. The van der Waals surface area contributed by atoms with Crippen molar-refractivity contribution < 1.29 is 56.8 Å². The lowest BCUT2D eigenvalue weighted by Crippen LogP contribution is -2.20. The molecule has 12 nitrogen and oxygen atoms in total. The molecule has 0 N–H and O–H groups in total. The quantitative estimate of drug-likeness (QED) is 0.0270. The third-order valence-electron chi connectivity index (χ3n) is 20.3. The fourth-order valence-electron chi connectivity index (χ4n) is 12.4. The summed E-state index contributed by atoms with van der Waals surface area (Å²) in [6.07, 6.45) is 23.8. The molecule has 0 bridgehead atoms. The molecule has 6 aromatic carbocycles. The van der Waals surface area contributed by atoms with Gasteiger partial charge in [0.05, 0.1) is 51.8 Å². The van der Waals surface area contributed by atoms with E-state index in [4.69, 9.17) is 63.3 Å². The van der Waals surface area contributed by atoms with Crippen LogP contribution in [0.5, 0.6) is 34.5 Å². The van der Waals surface area contributed by atoms with Crippen LogP contribution in [0.15, 0.2) is 116 Å². The fourth-order valence-corrected chi connectivity index (χ4v) is 12.4. The van der Waals surface area contributed by atoms with E-state index in [0.717, 1.165) is 124 Å². The highest BCUT2D eigenvalue weighted by atomic mass is 16.5. The predicted molar refractivity (Wildman–Crippen MR) is 463 cm³/mol. The Hall–Kier alpha value is -6.82. The summed E-state index contributed by atoms with van der Waals surface area (Å²) in [4.78, 5) is 0. The largest absolute Gasteiger partial charge is 0.490 e. The minimum Gasteiger partial charge on any atom is -0.490 e. The van der Waals surface area contributed by atoms with E-state index in [1.165, 1.54) is 60.8 Å². The average molecular weight is 1510 g/mol. The average Bonchev–Trinajstić information content (AvgIpc) is 0.802. The van der Waals surface area contributed by atoms with Crippen molar-refractivity contribution >= 4 is 6.08 Å². The van der Waals surface area contributed by atoms with Gasteiger partial charge < -0.3 is 56.8 Å². The zero-order valence-corrected chi connectivity index (χ0v) is 66.3. The molecule has 109 heavy (non-hydrogen) atoms. The maximum absolute atomic E-state index is 6.55. The van der Waals surface area contributed by atoms with Crippen LogP contribution >= 0.6 is 0 Å². The molecule has 0 unspecified atom stereocenters. The first-order chi connectivity index (χ1) is 49.5. The predicted octanol–water partition coefficient (Wildman–Crippen LogP) is 26.1. The van der Waals surface area contributed by atoms with E-state index >= 15 is 0 Å². The van der Waals surface area contributed by atoms with E-state index in [1.807, 2.05) is 70.2 Å². The minimum atomic E-state index is 0. The smallest absolute Gasteiger partial charge is 0.130 e. The van der Waals surface area contributed by atoms with Crippen LogP contribution in [0.2, 0.25) is 0 Å². The van der Waals surface area contributed by atoms with Crippen molar-refractivity contribution in [3.63, 3.8) is 0 Å². The zero-order chi connectivity index (χ0) is 74.7. The molecule has 0 amide bonds. The highest BCUT2D eigenvalue weighted by molar-refractivity contribution is 5.56. The summed E-state index contributed by atoms with van der Waals surface area (Å²) in [5.41, 5.74) is 13.8. The molecule has 2 saturated carbocycles. The molecule has 0 heterocycles. The molecule has 614 valence electrons. The van der Waals surface area contributed by atoms with Crippen LogP contribution in [0.25, 0.3) is 6.08 Å². The van der Waals surface area contributed by atoms with E-state index < -0.39 is 0 Å². The number of hydrogen-bond acceptors (Lipinski definition) is 12. The second kappa shape index (κ2) is 53.2. The maximum Gasteiger partial charge on any atom is 0.130 e. The van der Waals surface area contributed by atoms with Gasteiger partial charge in [-0.2, -0.15) is 0 Å². The van der Waals surface area contributed by atoms with Gasteiger partial charge in [0.1, 0.15) is 74.1 Å². The molecule has 0 atom stereocenters. The minimum absolute atomic E-state index is 0. The maximum atomic E-state index is 6.55. The highest BCUT2D eigenvalue weighted by Crippen LogP contribution is 2.38. The number of rotatable bonds is 40. The Bertz CT molecular complexity index is 3330. The normalized spacial score (nSPS) is 13.0. The van der Waals surface area contributed by atoms with E-state index in [1.54, 1.807) is 0 Å². The first-order valence-corrected chi connectivity index (χ1v) is 38.7. The number of hydrogen-bond donors (Lipinski definition) is 0. The van der Waals surface area contributed by atoms with Crippen LogP contribution in [-0.2, 0) is 89.7 Å². The summed E-state index contributed by atoms with van der Waals surface area (Å²) in [5.74, 6) is 7.79. The fraction of sp³-hybridized carbons (Fsp3) is 0.588. The van der Waals surface area contributed by atoms with Gasteiger partial charge in [0.2, 0.25) is 0 Å². The van der Waals surface area contributed by atoms with Crippen LogP contribution in [0.1, 0.15) is 306 Å². The first-order valence-electron chi connectivity index (χ1n) is 38.7. The molecule has 0 aromatic heterocycles. The van der Waals surface area contributed by atoms with Crippen LogP contribution in [-0.4, -0.2) is 78.3 Å². The summed E-state index contributed by atoms with van der Waals surface area (Å²) in [7, 11) is 0. The summed E-state index contributed by atoms with van der Waals surface area (Å²) in [5, 5.41) is 0. The molecule has 8 rings (SSSR count). The summed E-state index contributed by atoms with van der Waals surface area (Å²) in [6, 6.07) is 37.8. The molecular formula is C97H154O12. The van der Waals surface area contributed by atoms with Gasteiger partial charge in [-0.05, 0) is 195 Å². The number of terminal acetylenes is 1. The topological polar surface area (TPSA) is 111 Å². The van der Waals surface area contributed by atoms with Crippen molar-refractivity contribution in [2.24, 2.45) is 0 Å². The van der Waals surface area contributed by atoms with Crippen molar-refractivity contribution in [2.75, 3.05) is 66.1 Å². The van der Waals surface area contributed by atoms with Gasteiger partial charge in [-0.15, -0.1) is 6.42 Å². The Morgan fingerprint density at radius 2 is 0.624 bits per heavy atom. The lowest BCUT2D eigenvalue weighted by Gasteiger charge is -2.27. The molecule has 2 aliphatic carbocycles. The molecule has 0 saturated heterocycles. The number of ether oxygens (including phenoxy) is 12. The van der Waals surface area contributed by atoms with Crippen molar-refractivity contribution in [1.82, 2.24) is 0 Å². The van der Waals surface area contributed by atoms with Crippen LogP contribution in [0.4, 0.5) is 0 Å². The molecule has 0 aliphatic heterocycles. The van der Waals surface area contributed by atoms with Gasteiger partial charge in [0.25, 0.3) is 0 Å². The van der Waals surface area contributed by atoms with Crippen molar-refractivity contribution in [3.05, 3.63) is 183 Å². The van der Waals surface area contributed by atoms with Gasteiger partial charge >= 0.3 is 0 Å². The molecule has 12 heteroatoms. The number of benzene rings is 6. The van der Waals surface area contributed by atoms with Crippen molar-refractivity contribution in [1.29, 1.82) is 0 Å². The molecule has 0 spiro atoms. The standard InChI is InChI=1S/C37H56O4.C27H38O4.C27H36O4.6CH4/c1-7-37(5,6)30-18-20-34(21-19-30)38-22-23-39-35-28(26-40-32-14-10-8-11-15-32)24-31(36(2,3)4)25-29(35)27-41-33-16-12-9-13-17-33;2*1-7-21-17-22(19-28-9-3)26(23(18-21)20-29-10-4)31-16-15-30-25-13-11-24(12-14-25)27(5,6)8-2;;;;;;/h18-21,24-25,32-33H,7-17,22-23,26-27H2,1-6H3;7,11-14,17-18H,1,8-10,15-16,19-20H2,2-6H3;1,11-14,17-18H,8-10,15-16,19-20H2,2-6H3;6*1H4. The Morgan fingerprint density at radius 3 is 0.872 bits per heavy atom. The first kappa shape index (κ1) is 102. The van der Waals surface area contributed by atoms with Gasteiger partial charge in [-0.1, -0.05) is 221 Å². The van der Waals surface area contributed by atoms with Gasteiger partial charge in [-0.25, -0.2) is 0 Å². The molecule has 2 aliphatic rings. The third kappa shape index (κ3) is 34.0. The summed E-state index contributed by atoms with van der Waals surface area (Å²) in [6.45, 7) is 47.1. The third-order valence-corrected chi connectivity index (χ3v) is 20.3. The van der Waals surface area contributed by atoms with Crippen molar-refractivity contribution in [3.8, 4) is 46.8 Å². The monoisotopic (exact) mass is 1510 g/mol. The van der Waals surface area contributed by atoms with Gasteiger partial charge in [-0.3, -0.25) is 0 Å². The summed E-state index contributed by atoms with van der Waals surface area (Å²) >= 11 is 0. The molecule has 0 radical (unpaired) electrons. The van der Waals surface area contributed by atoms with E-state index in [0.29, 0.717) is 118 Å². The van der Waals surface area contributed by atoms with Crippen molar-refractivity contribution in [2.45, 2.75) is 312 Å². The zero-order valence-electron chi connectivity index (χ0n) is 66.3. The Kier molecular flexibility index (Phi) is 49.9. The van der Waals surface area contributed by atoms with Gasteiger partial charge in [0, 0.05) is 65.4 Å². The Labute approximate surface area is 667 Å². The SMILES string of the molecule is C.C.C.C.C.C.C#Cc1cc(COCC)c(OCCOc2ccc(C(C)(C)CC)cc2)c(COCC)c1.C=Cc1cc(COCC)c(OCCOc2ccc(C(C)(C)CC)cc2)c(COCC)c1.CCC(C)(C)c1ccc(OCCOc2c(COC3CCCCC3)cc(C(C)(C)C)cc2COC2CCCCC2)cc1. The highest BCUT2D eigenvalue weighted by Gasteiger charge is 2.26. The van der Waals surface area contributed by atoms with Crippen LogP contribution in [0.3, 0.4) is 0 Å². The molecule has 2 fully saturated rings. The molecule has 6 aromatic rings. The second-order valence-corrected chi connectivity index (χ2v) is 30.1. The summed E-state index contributed by atoms with van der Waals surface area (Å²) < 4.78 is 72.3. The Morgan fingerprint density at radius 1 is 0.358 bits per heavy atom. The lowest BCUT2D eigenvalue weighted by atomic mass is 9.82. The van der Waals surface area contributed by atoms with E-state index in [2.05, 4.69) is 168 Å². The van der Waals surface area contributed by atoms with Crippen LogP contribution < -0.4 is 28.4 Å². The van der Waals surface area contributed by atoms with Gasteiger partial charge in [0.15, 0.2) is 0 Å².